The van der Waals surface area contributed by atoms with E-state index < -0.39 is 11.8 Å². The first-order chi connectivity index (χ1) is 12.9. The minimum atomic E-state index is -2.64. The van der Waals surface area contributed by atoms with Crippen LogP contribution >= 0.6 is 0 Å². The van der Waals surface area contributed by atoms with Crippen LogP contribution < -0.4 is 5.32 Å². The average molecular weight is 378 g/mol. The van der Waals surface area contributed by atoms with Crippen molar-refractivity contribution in [2.75, 3.05) is 26.2 Å². The van der Waals surface area contributed by atoms with Crippen LogP contribution in [0, 0.1) is 18.8 Å². The summed E-state index contributed by atoms with van der Waals surface area (Å²) in [5.41, 5.74) is 2.58. The van der Waals surface area contributed by atoms with Gasteiger partial charge in [0.15, 0.2) is 0 Å². The quantitative estimate of drug-likeness (QED) is 0.827. The second-order valence-corrected chi connectivity index (χ2v) is 8.51. The summed E-state index contributed by atoms with van der Waals surface area (Å²) < 4.78 is 31.9. The van der Waals surface area contributed by atoms with Crippen molar-refractivity contribution in [2.24, 2.45) is 11.8 Å². The number of halogens is 2. The number of hydrogen-bond donors (Lipinski definition) is 1. The Bertz CT molecular complexity index is 695. The molecule has 0 aromatic heterocycles. The lowest BCUT2D eigenvalue weighted by molar-refractivity contribution is -0.150. The highest BCUT2D eigenvalue weighted by Gasteiger charge is 2.52. The fourth-order valence-electron chi connectivity index (χ4n) is 4.75. The summed E-state index contributed by atoms with van der Waals surface area (Å²) in [7, 11) is 0. The predicted octanol–water partition coefficient (Wildman–Crippen LogP) is 3.14. The molecule has 0 radical (unpaired) electrons. The van der Waals surface area contributed by atoms with Gasteiger partial charge >= 0.3 is 0 Å². The number of carbonyl (C=O) groups is 1. The van der Waals surface area contributed by atoms with Gasteiger partial charge in [0.25, 0.3) is 0 Å². The Balaban J connectivity index is 1.22. The van der Waals surface area contributed by atoms with Gasteiger partial charge in [-0.25, -0.2) is 8.78 Å². The molecular formula is C21H28F2N2O2. The minimum absolute atomic E-state index is 0.0864. The third-order valence-corrected chi connectivity index (χ3v) is 6.49. The molecule has 1 spiro atoms. The van der Waals surface area contributed by atoms with Gasteiger partial charge in [-0.15, -0.1) is 0 Å². The molecular weight excluding hydrogens is 350 g/mol. The van der Waals surface area contributed by atoms with Gasteiger partial charge in [0.1, 0.15) is 0 Å². The van der Waals surface area contributed by atoms with Crippen LogP contribution in [0.4, 0.5) is 8.78 Å². The SMILES string of the molecule is Cc1ccccc1CN1CC2(C1)OCCC2CCNC(=O)C1CC(F)(F)C1. The molecule has 1 aromatic rings. The van der Waals surface area contributed by atoms with Crippen LogP contribution in [0.1, 0.15) is 36.8 Å². The summed E-state index contributed by atoms with van der Waals surface area (Å²) in [6, 6.07) is 8.45. The molecule has 1 amide bonds. The third-order valence-electron chi connectivity index (χ3n) is 6.49. The molecule has 2 saturated heterocycles. The van der Waals surface area contributed by atoms with Gasteiger partial charge in [0, 0.05) is 51.5 Å². The molecule has 3 fully saturated rings. The Labute approximate surface area is 159 Å². The molecule has 148 valence electrons. The standard InChI is InChI=1S/C21H28F2N2O2/c1-15-4-2-3-5-16(15)12-25-13-20(14-25)18(7-9-27-20)6-8-24-19(26)17-10-21(22,23)11-17/h2-5,17-18H,6-14H2,1H3,(H,24,26). The summed E-state index contributed by atoms with van der Waals surface area (Å²) >= 11 is 0. The van der Waals surface area contributed by atoms with Gasteiger partial charge in [0.2, 0.25) is 11.8 Å². The van der Waals surface area contributed by atoms with Crippen LogP contribution in [0.3, 0.4) is 0 Å². The average Bonchev–Trinajstić information content (AvgIpc) is 2.98. The first-order valence-corrected chi connectivity index (χ1v) is 9.93. The summed E-state index contributed by atoms with van der Waals surface area (Å²) in [6.45, 7) is 6.25. The number of nitrogens with one attached hydrogen (secondary N) is 1. The maximum Gasteiger partial charge on any atom is 0.249 e. The summed E-state index contributed by atoms with van der Waals surface area (Å²) in [5.74, 6) is -2.95. The second-order valence-electron chi connectivity index (χ2n) is 8.51. The number of amides is 1. The lowest BCUT2D eigenvalue weighted by Crippen LogP contribution is -2.64. The highest BCUT2D eigenvalue weighted by molar-refractivity contribution is 5.79. The number of carbonyl (C=O) groups excluding carboxylic acids is 1. The monoisotopic (exact) mass is 378 g/mol. The van der Waals surface area contributed by atoms with E-state index in [1.807, 2.05) is 0 Å². The number of aryl methyl sites for hydroxylation is 1. The van der Waals surface area contributed by atoms with E-state index in [1.165, 1.54) is 11.1 Å². The molecule has 1 aromatic carbocycles. The van der Waals surface area contributed by atoms with E-state index in [4.69, 9.17) is 4.74 Å². The van der Waals surface area contributed by atoms with Crippen molar-refractivity contribution in [1.82, 2.24) is 10.2 Å². The van der Waals surface area contributed by atoms with Crippen LogP contribution in [0.25, 0.3) is 0 Å². The van der Waals surface area contributed by atoms with Gasteiger partial charge in [0.05, 0.1) is 5.60 Å². The molecule has 1 atom stereocenters. The van der Waals surface area contributed by atoms with Gasteiger partial charge in [-0.05, 0) is 36.8 Å². The highest BCUT2D eigenvalue weighted by atomic mass is 19.3. The van der Waals surface area contributed by atoms with E-state index in [9.17, 15) is 13.6 Å². The van der Waals surface area contributed by atoms with Crippen molar-refractivity contribution in [1.29, 1.82) is 0 Å². The molecule has 0 bridgehead atoms. The Morgan fingerprint density at radius 2 is 2.04 bits per heavy atom. The third kappa shape index (κ3) is 3.87. The number of likely N-dealkylation sites (tertiary alicyclic amines) is 1. The molecule has 2 aliphatic heterocycles. The number of ether oxygens (including phenoxy) is 1. The zero-order valence-corrected chi connectivity index (χ0v) is 15.8. The van der Waals surface area contributed by atoms with Crippen molar-refractivity contribution in [3.8, 4) is 0 Å². The molecule has 2 heterocycles. The number of nitrogens with zero attached hydrogens (tertiary/aromatic N) is 1. The van der Waals surface area contributed by atoms with E-state index in [0.717, 1.165) is 39.1 Å². The number of rotatable bonds is 6. The predicted molar refractivity (Wildman–Crippen MR) is 98.5 cm³/mol. The van der Waals surface area contributed by atoms with Crippen LogP contribution in [0.5, 0.6) is 0 Å². The zero-order chi connectivity index (χ0) is 19.1. The van der Waals surface area contributed by atoms with Crippen molar-refractivity contribution in [3.63, 3.8) is 0 Å². The fourth-order valence-corrected chi connectivity index (χ4v) is 4.75. The van der Waals surface area contributed by atoms with E-state index in [1.54, 1.807) is 0 Å². The maximum atomic E-state index is 12.9. The van der Waals surface area contributed by atoms with Gasteiger partial charge in [-0.2, -0.15) is 0 Å². The van der Waals surface area contributed by atoms with E-state index in [-0.39, 0.29) is 24.3 Å². The van der Waals surface area contributed by atoms with E-state index in [2.05, 4.69) is 41.4 Å². The molecule has 1 unspecified atom stereocenters. The van der Waals surface area contributed by atoms with Crippen molar-refractivity contribution in [2.45, 2.75) is 50.7 Å². The summed E-state index contributed by atoms with van der Waals surface area (Å²) in [4.78, 5) is 14.3. The topological polar surface area (TPSA) is 41.6 Å². The lowest BCUT2D eigenvalue weighted by atomic mass is 9.78. The molecule has 4 rings (SSSR count). The molecule has 6 heteroatoms. The van der Waals surface area contributed by atoms with E-state index in [0.29, 0.717) is 12.5 Å². The first kappa shape index (κ1) is 18.8. The molecule has 4 nitrogen and oxygen atoms in total. The second kappa shape index (κ2) is 7.13. The Morgan fingerprint density at radius 3 is 2.74 bits per heavy atom. The summed E-state index contributed by atoms with van der Waals surface area (Å²) in [6.07, 6.45) is 1.26. The van der Waals surface area contributed by atoms with Gasteiger partial charge in [-0.3, -0.25) is 9.69 Å². The Morgan fingerprint density at radius 1 is 1.30 bits per heavy atom. The normalized spacial score (nSPS) is 26.6. The maximum absolute atomic E-state index is 12.9. The number of hydrogen-bond acceptors (Lipinski definition) is 3. The fraction of sp³-hybridized carbons (Fsp3) is 0.667. The van der Waals surface area contributed by atoms with Gasteiger partial charge in [-0.1, -0.05) is 24.3 Å². The van der Waals surface area contributed by atoms with Crippen molar-refractivity contribution >= 4 is 5.91 Å². The zero-order valence-electron chi connectivity index (χ0n) is 15.8. The first-order valence-electron chi connectivity index (χ1n) is 9.93. The largest absolute Gasteiger partial charge is 0.372 e. The van der Waals surface area contributed by atoms with Crippen molar-refractivity contribution < 1.29 is 18.3 Å². The van der Waals surface area contributed by atoms with Gasteiger partial charge < -0.3 is 10.1 Å². The molecule has 1 saturated carbocycles. The number of benzene rings is 1. The Hall–Kier alpha value is -1.53. The lowest BCUT2D eigenvalue weighted by Gasteiger charge is -2.50. The van der Waals surface area contributed by atoms with Crippen LogP contribution in [0.2, 0.25) is 0 Å². The van der Waals surface area contributed by atoms with Crippen LogP contribution in [0.15, 0.2) is 24.3 Å². The number of alkyl halides is 2. The smallest absolute Gasteiger partial charge is 0.249 e. The molecule has 1 aliphatic carbocycles. The minimum Gasteiger partial charge on any atom is -0.372 e. The molecule has 1 N–H and O–H groups in total. The van der Waals surface area contributed by atoms with E-state index >= 15 is 0 Å². The summed E-state index contributed by atoms with van der Waals surface area (Å²) in [5, 5.41) is 2.85. The van der Waals surface area contributed by atoms with Crippen LogP contribution in [-0.4, -0.2) is 48.6 Å². The van der Waals surface area contributed by atoms with Crippen molar-refractivity contribution in [3.05, 3.63) is 35.4 Å². The molecule has 27 heavy (non-hydrogen) atoms. The molecule has 3 aliphatic rings. The van der Waals surface area contributed by atoms with Crippen LogP contribution in [-0.2, 0) is 16.1 Å². The Kier molecular flexibility index (Phi) is 4.97. The highest BCUT2D eigenvalue weighted by Crippen LogP contribution is 2.43.